The van der Waals surface area contributed by atoms with Crippen LogP contribution in [0.4, 0.5) is 0 Å². The summed E-state index contributed by atoms with van der Waals surface area (Å²) in [5, 5.41) is 13.6. The van der Waals surface area contributed by atoms with E-state index in [1.165, 1.54) is 0 Å². The van der Waals surface area contributed by atoms with Gasteiger partial charge in [-0.25, -0.2) is 0 Å². The smallest absolute Gasteiger partial charge is 0.130 e. The van der Waals surface area contributed by atoms with Gasteiger partial charge in [0.15, 0.2) is 0 Å². The van der Waals surface area contributed by atoms with Gasteiger partial charge in [0.2, 0.25) is 0 Å². The van der Waals surface area contributed by atoms with Crippen LogP contribution in [0.3, 0.4) is 0 Å². The number of hydrogen-bond acceptors (Lipinski definition) is 3. The number of aliphatic hydroxyl groups is 1. The molecule has 0 spiro atoms. The van der Waals surface area contributed by atoms with Crippen LogP contribution in [-0.4, -0.2) is 21.5 Å². The molecule has 0 aliphatic carbocycles. The summed E-state index contributed by atoms with van der Waals surface area (Å²) in [7, 11) is 0. The van der Waals surface area contributed by atoms with Crippen LogP contribution < -0.4 is 4.74 Å². The van der Waals surface area contributed by atoms with Crippen molar-refractivity contribution in [3.05, 3.63) is 47.3 Å². The lowest BCUT2D eigenvalue weighted by Gasteiger charge is -2.11. The third kappa shape index (κ3) is 3.39. The minimum atomic E-state index is 0.132. The van der Waals surface area contributed by atoms with Crippen molar-refractivity contribution >= 4 is 0 Å². The SMILES string of the molecule is CCc1cc(COc2ccccc2CCO)n(CC)n1. The van der Waals surface area contributed by atoms with E-state index in [-0.39, 0.29) is 6.61 Å². The fourth-order valence-corrected chi connectivity index (χ4v) is 2.20. The largest absolute Gasteiger partial charge is 0.487 e. The second-order valence-corrected chi connectivity index (χ2v) is 4.67. The number of aromatic nitrogens is 2. The Morgan fingerprint density at radius 2 is 2.05 bits per heavy atom. The molecular formula is C16H22N2O2. The number of nitrogens with zero attached hydrogens (tertiary/aromatic N) is 2. The van der Waals surface area contributed by atoms with Gasteiger partial charge in [-0.3, -0.25) is 4.68 Å². The Labute approximate surface area is 120 Å². The molecule has 4 heteroatoms. The third-order valence-electron chi connectivity index (χ3n) is 3.30. The monoisotopic (exact) mass is 274 g/mol. The number of benzene rings is 1. The van der Waals surface area contributed by atoms with E-state index in [4.69, 9.17) is 9.84 Å². The molecule has 0 bridgehead atoms. The van der Waals surface area contributed by atoms with E-state index in [1.807, 2.05) is 28.9 Å². The van der Waals surface area contributed by atoms with E-state index in [9.17, 15) is 0 Å². The molecule has 0 amide bonds. The summed E-state index contributed by atoms with van der Waals surface area (Å²) < 4.78 is 7.88. The molecule has 0 unspecified atom stereocenters. The lowest BCUT2D eigenvalue weighted by Crippen LogP contribution is -2.07. The van der Waals surface area contributed by atoms with Crippen molar-refractivity contribution in [2.24, 2.45) is 0 Å². The first-order valence-electron chi connectivity index (χ1n) is 7.15. The number of aliphatic hydroxyl groups excluding tert-OH is 1. The van der Waals surface area contributed by atoms with Gasteiger partial charge in [-0.2, -0.15) is 5.10 Å². The topological polar surface area (TPSA) is 47.3 Å². The number of rotatable bonds is 7. The van der Waals surface area contributed by atoms with Crippen molar-refractivity contribution in [1.82, 2.24) is 9.78 Å². The molecule has 0 aliphatic rings. The molecule has 1 N–H and O–H groups in total. The lowest BCUT2D eigenvalue weighted by atomic mass is 10.1. The molecule has 0 aliphatic heterocycles. The first-order chi connectivity index (χ1) is 9.78. The average molecular weight is 274 g/mol. The fraction of sp³-hybridized carbons (Fsp3) is 0.438. The molecule has 0 saturated heterocycles. The van der Waals surface area contributed by atoms with E-state index >= 15 is 0 Å². The molecule has 20 heavy (non-hydrogen) atoms. The molecule has 0 atom stereocenters. The van der Waals surface area contributed by atoms with Crippen LogP contribution in [0, 0.1) is 0 Å². The Balaban J connectivity index is 2.10. The summed E-state index contributed by atoms with van der Waals surface area (Å²) in [6.07, 6.45) is 1.55. The van der Waals surface area contributed by atoms with Crippen LogP contribution in [0.1, 0.15) is 30.8 Å². The van der Waals surface area contributed by atoms with Crippen LogP contribution in [0.25, 0.3) is 0 Å². The quantitative estimate of drug-likeness (QED) is 0.844. The van der Waals surface area contributed by atoms with Gasteiger partial charge in [-0.15, -0.1) is 0 Å². The van der Waals surface area contributed by atoms with E-state index in [1.54, 1.807) is 0 Å². The van der Waals surface area contributed by atoms with Crippen LogP contribution >= 0.6 is 0 Å². The zero-order valence-electron chi connectivity index (χ0n) is 12.2. The van der Waals surface area contributed by atoms with Gasteiger partial charge >= 0.3 is 0 Å². The van der Waals surface area contributed by atoms with Gasteiger partial charge in [0.25, 0.3) is 0 Å². The van der Waals surface area contributed by atoms with Crippen molar-refractivity contribution in [2.45, 2.75) is 39.8 Å². The van der Waals surface area contributed by atoms with Gasteiger partial charge in [-0.1, -0.05) is 25.1 Å². The molecule has 0 fully saturated rings. The molecular weight excluding hydrogens is 252 g/mol. The van der Waals surface area contributed by atoms with Crippen molar-refractivity contribution < 1.29 is 9.84 Å². The molecule has 4 nitrogen and oxygen atoms in total. The third-order valence-corrected chi connectivity index (χ3v) is 3.30. The van der Waals surface area contributed by atoms with Gasteiger partial charge in [0.1, 0.15) is 12.4 Å². The number of ether oxygens (including phenoxy) is 1. The molecule has 1 aromatic carbocycles. The Morgan fingerprint density at radius 3 is 2.75 bits per heavy atom. The van der Waals surface area contributed by atoms with Crippen LogP contribution in [0.15, 0.2) is 30.3 Å². The second-order valence-electron chi connectivity index (χ2n) is 4.67. The number of aryl methyl sites for hydroxylation is 2. The van der Waals surface area contributed by atoms with Crippen LogP contribution in [-0.2, 0) is 26.0 Å². The van der Waals surface area contributed by atoms with Gasteiger partial charge in [0.05, 0.1) is 11.4 Å². The Morgan fingerprint density at radius 1 is 1.25 bits per heavy atom. The zero-order valence-corrected chi connectivity index (χ0v) is 12.2. The molecule has 108 valence electrons. The maximum Gasteiger partial charge on any atom is 0.130 e. The van der Waals surface area contributed by atoms with Crippen molar-refractivity contribution in [3.8, 4) is 5.75 Å². The van der Waals surface area contributed by atoms with Crippen LogP contribution in [0.5, 0.6) is 5.75 Å². The highest BCUT2D eigenvalue weighted by Gasteiger charge is 2.08. The molecule has 1 heterocycles. The summed E-state index contributed by atoms with van der Waals surface area (Å²) in [4.78, 5) is 0. The lowest BCUT2D eigenvalue weighted by molar-refractivity contribution is 0.277. The summed E-state index contributed by atoms with van der Waals surface area (Å²) >= 11 is 0. The minimum Gasteiger partial charge on any atom is -0.487 e. The number of hydrogen-bond donors (Lipinski definition) is 1. The predicted octanol–water partition coefficient (Wildman–Crippen LogP) is 2.58. The maximum absolute atomic E-state index is 9.08. The molecule has 1 aromatic heterocycles. The first-order valence-corrected chi connectivity index (χ1v) is 7.15. The molecule has 2 aromatic rings. The normalized spacial score (nSPS) is 10.8. The standard InChI is InChI=1S/C16H22N2O2/c1-3-14-11-15(18(4-2)17-14)12-20-16-8-6-5-7-13(16)9-10-19/h5-8,11,19H,3-4,9-10,12H2,1-2H3. The summed E-state index contributed by atoms with van der Waals surface area (Å²) in [6, 6.07) is 9.94. The molecule has 2 rings (SSSR count). The minimum absolute atomic E-state index is 0.132. The highest BCUT2D eigenvalue weighted by molar-refractivity contribution is 5.33. The fourth-order valence-electron chi connectivity index (χ4n) is 2.20. The average Bonchev–Trinajstić information content (AvgIpc) is 2.89. The zero-order chi connectivity index (χ0) is 14.4. The highest BCUT2D eigenvalue weighted by Crippen LogP contribution is 2.20. The summed E-state index contributed by atoms with van der Waals surface area (Å²) in [5.41, 5.74) is 3.21. The maximum atomic E-state index is 9.08. The highest BCUT2D eigenvalue weighted by atomic mass is 16.5. The van der Waals surface area contributed by atoms with E-state index in [2.05, 4.69) is 25.0 Å². The molecule has 0 saturated carbocycles. The van der Waals surface area contributed by atoms with Gasteiger partial charge in [-0.05, 0) is 37.5 Å². The predicted molar refractivity (Wildman–Crippen MR) is 78.8 cm³/mol. The van der Waals surface area contributed by atoms with Crippen LogP contribution in [0.2, 0.25) is 0 Å². The van der Waals surface area contributed by atoms with E-state index < -0.39 is 0 Å². The molecule has 0 radical (unpaired) electrons. The number of para-hydroxylation sites is 1. The van der Waals surface area contributed by atoms with Crippen molar-refractivity contribution in [3.63, 3.8) is 0 Å². The van der Waals surface area contributed by atoms with E-state index in [0.717, 1.165) is 35.7 Å². The van der Waals surface area contributed by atoms with Crippen molar-refractivity contribution in [2.75, 3.05) is 6.61 Å². The summed E-state index contributed by atoms with van der Waals surface area (Å²) in [5.74, 6) is 0.837. The van der Waals surface area contributed by atoms with E-state index in [0.29, 0.717) is 13.0 Å². The summed E-state index contributed by atoms with van der Waals surface area (Å²) in [6.45, 7) is 5.66. The first kappa shape index (κ1) is 14.6. The Kier molecular flexibility index (Phi) is 5.18. The van der Waals surface area contributed by atoms with Crippen molar-refractivity contribution in [1.29, 1.82) is 0 Å². The van der Waals surface area contributed by atoms with Gasteiger partial charge in [0, 0.05) is 13.2 Å². The Hall–Kier alpha value is -1.81. The Bertz CT molecular complexity index is 549. The second kappa shape index (κ2) is 7.10. The van der Waals surface area contributed by atoms with Gasteiger partial charge < -0.3 is 9.84 Å².